The summed E-state index contributed by atoms with van der Waals surface area (Å²) in [7, 11) is 1.64. The molecule has 0 aliphatic heterocycles. The molecule has 0 saturated heterocycles. The van der Waals surface area contributed by atoms with Gasteiger partial charge in [0.2, 0.25) is 0 Å². The molecule has 1 aromatic carbocycles. The number of rotatable bonds is 3. The van der Waals surface area contributed by atoms with Crippen LogP contribution in [0.2, 0.25) is 0 Å². The van der Waals surface area contributed by atoms with E-state index in [1.54, 1.807) is 23.0 Å². The molecule has 3 aromatic heterocycles. The third kappa shape index (κ3) is 2.37. The molecule has 0 bridgehead atoms. The molecule has 0 amide bonds. The van der Waals surface area contributed by atoms with E-state index in [0.717, 1.165) is 27.1 Å². The molecule has 0 aliphatic rings. The van der Waals surface area contributed by atoms with Crippen molar-refractivity contribution in [1.82, 2.24) is 19.2 Å². The van der Waals surface area contributed by atoms with E-state index >= 15 is 0 Å². The van der Waals surface area contributed by atoms with Crippen LogP contribution in [0.5, 0.6) is 5.75 Å². The quantitative estimate of drug-likeness (QED) is 0.574. The second-order valence-corrected chi connectivity index (χ2v) is 6.17. The van der Waals surface area contributed by atoms with Crippen molar-refractivity contribution in [3.05, 3.63) is 57.6 Å². The molecule has 0 spiro atoms. The van der Waals surface area contributed by atoms with Crippen molar-refractivity contribution >= 4 is 27.2 Å². The van der Waals surface area contributed by atoms with Gasteiger partial charge in [-0.2, -0.15) is 9.61 Å². The van der Waals surface area contributed by atoms with Crippen LogP contribution in [-0.2, 0) is 6.54 Å². The Balaban J connectivity index is 0.00000169. The van der Waals surface area contributed by atoms with E-state index in [4.69, 9.17) is 4.74 Å². The van der Waals surface area contributed by atoms with Gasteiger partial charge in [-0.25, -0.2) is 9.78 Å². The van der Waals surface area contributed by atoms with E-state index in [2.05, 4.69) is 10.1 Å². The summed E-state index contributed by atoms with van der Waals surface area (Å²) < 4.78 is 8.29. The smallest absolute Gasteiger partial charge is 0.352 e. The van der Waals surface area contributed by atoms with Crippen molar-refractivity contribution in [2.24, 2.45) is 0 Å². The van der Waals surface area contributed by atoms with E-state index in [1.165, 1.54) is 10.8 Å². The highest BCUT2D eigenvalue weighted by Crippen LogP contribution is 2.27. The molecule has 0 N–H and O–H groups in total. The summed E-state index contributed by atoms with van der Waals surface area (Å²) in [6, 6.07) is 7.71. The first kappa shape index (κ1) is 16.2. The van der Waals surface area contributed by atoms with Crippen LogP contribution in [0.3, 0.4) is 0 Å². The van der Waals surface area contributed by atoms with Gasteiger partial charge in [0.1, 0.15) is 16.9 Å². The molecule has 124 valence electrons. The fourth-order valence-electron chi connectivity index (χ4n) is 2.71. The minimum atomic E-state index is -0.178. The predicted molar refractivity (Wildman–Crippen MR) is 96.2 cm³/mol. The summed E-state index contributed by atoms with van der Waals surface area (Å²) in [6.45, 7) is 2.50. The van der Waals surface area contributed by atoms with Gasteiger partial charge in [-0.15, -0.1) is 11.3 Å². The van der Waals surface area contributed by atoms with E-state index in [1.807, 2.05) is 36.6 Å². The Bertz CT molecular complexity index is 1060. The van der Waals surface area contributed by atoms with Crippen LogP contribution in [0.15, 0.2) is 40.8 Å². The molecule has 3 heterocycles. The summed E-state index contributed by atoms with van der Waals surface area (Å²) in [5.41, 5.74) is 2.57. The number of methoxy groups -OCH3 is 1. The average molecular weight is 342 g/mol. The number of thiophene rings is 1. The van der Waals surface area contributed by atoms with Crippen molar-refractivity contribution in [1.29, 1.82) is 0 Å². The van der Waals surface area contributed by atoms with Crippen LogP contribution >= 0.6 is 11.3 Å². The molecule has 6 nitrogen and oxygen atoms in total. The predicted octanol–water partition coefficient (Wildman–Crippen LogP) is 3.11. The lowest BCUT2D eigenvalue weighted by atomic mass is 10.2. The van der Waals surface area contributed by atoms with Crippen LogP contribution < -0.4 is 10.4 Å². The molecule has 0 aliphatic carbocycles. The van der Waals surface area contributed by atoms with Gasteiger partial charge in [0.05, 0.1) is 19.0 Å². The lowest BCUT2D eigenvalue weighted by Gasteiger charge is -2.09. The summed E-state index contributed by atoms with van der Waals surface area (Å²) in [6.07, 6.45) is 1.42. The zero-order chi connectivity index (χ0) is 16.0. The van der Waals surface area contributed by atoms with Gasteiger partial charge in [0, 0.05) is 0 Å². The normalized spacial score (nSPS) is 10.9. The van der Waals surface area contributed by atoms with Crippen LogP contribution in [0, 0.1) is 6.92 Å². The number of hydrogen-bond donors (Lipinski definition) is 0. The fraction of sp³-hybridized carbons (Fsp3) is 0.235. The fourth-order valence-corrected chi connectivity index (χ4v) is 3.75. The second-order valence-electron chi connectivity index (χ2n) is 5.31. The first-order chi connectivity index (χ1) is 11.2. The first-order valence-electron chi connectivity index (χ1n) is 7.12. The third-order valence-electron chi connectivity index (χ3n) is 3.88. The highest BCUT2D eigenvalue weighted by atomic mass is 32.1. The molecule has 0 unspecified atom stereocenters. The highest BCUT2D eigenvalue weighted by Gasteiger charge is 2.16. The molecule has 0 saturated carbocycles. The van der Waals surface area contributed by atoms with Crippen LogP contribution in [0.4, 0.5) is 0 Å². The minimum Gasteiger partial charge on any atom is -0.497 e. The first-order valence-corrected chi connectivity index (χ1v) is 8.00. The molecule has 24 heavy (non-hydrogen) atoms. The number of fused-ring (bicyclic) bond motifs is 3. The topological polar surface area (TPSA) is 61.4 Å². The number of hydrogen-bond acceptors (Lipinski definition) is 5. The summed E-state index contributed by atoms with van der Waals surface area (Å²) >= 11 is 1.56. The standard InChI is InChI=1S/C16H14N4O2S.CH4/c1-10-8-23-15-13(10)14-17-9-18-20(14)16(21)19(15)7-11-3-5-12(22-2)6-4-11;/h3-6,8-9H,7H2,1-2H3;1H4. The Morgan fingerprint density at radius 3 is 2.71 bits per heavy atom. The van der Waals surface area contributed by atoms with Gasteiger partial charge in [0.15, 0.2) is 5.65 Å². The van der Waals surface area contributed by atoms with E-state index in [0.29, 0.717) is 12.2 Å². The largest absolute Gasteiger partial charge is 0.497 e. The van der Waals surface area contributed by atoms with Crippen molar-refractivity contribution < 1.29 is 4.74 Å². The van der Waals surface area contributed by atoms with Crippen molar-refractivity contribution in [3.63, 3.8) is 0 Å². The highest BCUT2D eigenvalue weighted by molar-refractivity contribution is 7.17. The summed E-state index contributed by atoms with van der Waals surface area (Å²) in [4.78, 5) is 17.9. The van der Waals surface area contributed by atoms with Gasteiger partial charge in [-0.1, -0.05) is 19.6 Å². The van der Waals surface area contributed by atoms with Crippen LogP contribution in [0.25, 0.3) is 15.9 Å². The van der Waals surface area contributed by atoms with Crippen molar-refractivity contribution in [2.75, 3.05) is 7.11 Å². The van der Waals surface area contributed by atoms with Gasteiger partial charge >= 0.3 is 5.69 Å². The number of benzene rings is 1. The maximum absolute atomic E-state index is 12.7. The average Bonchev–Trinajstić information content (AvgIpc) is 3.19. The maximum atomic E-state index is 12.7. The van der Waals surface area contributed by atoms with E-state index in [-0.39, 0.29) is 13.1 Å². The van der Waals surface area contributed by atoms with Crippen LogP contribution in [0.1, 0.15) is 18.6 Å². The molecular formula is C17H18N4O2S. The third-order valence-corrected chi connectivity index (χ3v) is 5.00. The van der Waals surface area contributed by atoms with Gasteiger partial charge in [-0.3, -0.25) is 4.57 Å². The van der Waals surface area contributed by atoms with Crippen molar-refractivity contribution in [2.45, 2.75) is 20.9 Å². The molecule has 4 rings (SSSR count). The maximum Gasteiger partial charge on any atom is 0.352 e. The van der Waals surface area contributed by atoms with Gasteiger partial charge < -0.3 is 4.74 Å². The van der Waals surface area contributed by atoms with Crippen molar-refractivity contribution in [3.8, 4) is 5.75 Å². The molecular weight excluding hydrogens is 324 g/mol. The molecule has 0 fully saturated rings. The van der Waals surface area contributed by atoms with E-state index < -0.39 is 0 Å². The molecule has 0 radical (unpaired) electrons. The monoisotopic (exact) mass is 342 g/mol. The number of aromatic nitrogens is 4. The lowest BCUT2D eigenvalue weighted by molar-refractivity contribution is 0.414. The van der Waals surface area contributed by atoms with Gasteiger partial charge in [-0.05, 0) is 35.6 Å². The molecule has 0 atom stereocenters. The minimum absolute atomic E-state index is 0. The Morgan fingerprint density at radius 1 is 1.25 bits per heavy atom. The van der Waals surface area contributed by atoms with E-state index in [9.17, 15) is 4.79 Å². The summed E-state index contributed by atoms with van der Waals surface area (Å²) in [5.74, 6) is 0.796. The lowest BCUT2D eigenvalue weighted by Crippen LogP contribution is -2.27. The second kappa shape index (κ2) is 6.09. The van der Waals surface area contributed by atoms with Gasteiger partial charge in [0.25, 0.3) is 0 Å². The zero-order valence-corrected chi connectivity index (χ0v) is 13.5. The zero-order valence-electron chi connectivity index (χ0n) is 12.7. The molecule has 7 heteroatoms. The number of aryl methyl sites for hydroxylation is 1. The summed E-state index contributed by atoms with van der Waals surface area (Å²) in [5, 5.41) is 7.11. The van der Waals surface area contributed by atoms with Crippen LogP contribution in [-0.4, -0.2) is 26.3 Å². The Hall–Kier alpha value is -2.67. The Labute approximate surface area is 143 Å². The Morgan fingerprint density at radius 2 is 2.00 bits per heavy atom. The number of ether oxygens (including phenoxy) is 1. The SMILES string of the molecule is C.COc1ccc(Cn2c(=O)n3ncnc3c3c(C)csc32)cc1. The molecule has 4 aromatic rings. The number of nitrogens with zero attached hydrogens (tertiary/aromatic N) is 4. The Kier molecular flexibility index (Phi) is 4.11.